The highest BCUT2D eigenvalue weighted by Crippen LogP contribution is 2.48. The van der Waals surface area contributed by atoms with Gasteiger partial charge in [0, 0.05) is 50.6 Å². The summed E-state index contributed by atoms with van der Waals surface area (Å²) in [6.45, 7) is 7.01. The molecular weight excluding hydrogens is 476 g/mol. The molecule has 1 aliphatic rings. The van der Waals surface area contributed by atoms with Gasteiger partial charge in [-0.25, -0.2) is 9.59 Å². The Morgan fingerprint density at radius 1 is 0.750 bits per heavy atom. The predicted octanol–water partition coefficient (Wildman–Crippen LogP) is 6.40. The van der Waals surface area contributed by atoms with Crippen LogP contribution in [0.5, 0.6) is 11.5 Å². The van der Waals surface area contributed by atoms with Gasteiger partial charge in [-0.15, -0.1) is 0 Å². The summed E-state index contributed by atoms with van der Waals surface area (Å²) >= 11 is 6.26. The monoisotopic (exact) mass is 494 g/mol. The Hall–Kier alpha value is -4.48. The lowest BCUT2D eigenvalue weighted by molar-refractivity contribution is -0.130. The molecule has 1 atom stereocenters. The summed E-state index contributed by atoms with van der Waals surface area (Å²) in [5.74, 6) is -1.40. The molecule has 1 unspecified atom stereocenters. The normalized spacial score (nSPS) is 13.9. The first-order chi connectivity index (χ1) is 17.4. The molecule has 0 spiro atoms. The van der Waals surface area contributed by atoms with Crippen molar-refractivity contribution >= 4 is 40.1 Å². The highest BCUT2D eigenvalue weighted by molar-refractivity contribution is 6.31. The van der Waals surface area contributed by atoms with E-state index in [1.165, 1.54) is 0 Å². The van der Waals surface area contributed by atoms with E-state index in [-0.39, 0.29) is 17.3 Å². The summed E-state index contributed by atoms with van der Waals surface area (Å²) in [5.41, 5.74) is 2.92. The summed E-state index contributed by atoms with van der Waals surface area (Å²) in [5, 5.41) is 1.56. The Morgan fingerprint density at radius 2 is 1.39 bits per heavy atom. The topological polar surface area (TPSA) is 69.7 Å². The molecule has 5 rings (SSSR count). The van der Waals surface area contributed by atoms with Gasteiger partial charge in [-0.3, -0.25) is 4.79 Å². The summed E-state index contributed by atoms with van der Waals surface area (Å²) in [6, 6.07) is 21.2. The van der Waals surface area contributed by atoms with Gasteiger partial charge in [-0.05, 0) is 29.3 Å². The van der Waals surface area contributed by atoms with Crippen molar-refractivity contribution in [2.75, 3.05) is 0 Å². The van der Waals surface area contributed by atoms with Crippen LogP contribution < -0.4 is 9.47 Å². The van der Waals surface area contributed by atoms with Crippen molar-refractivity contribution in [1.29, 1.82) is 0 Å². The maximum atomic E-state index is 13.4. The number of fused-ring (bicyclic) bond motifs is 3. The minimum absolute atomic E-state index is 0.150. The van der Waals surface area contributed by atoms with E-state index < -0.39 is 17.9 Å². The van der Waals surface area contributed by atoms with Crippen LogP contribution in [0.4, 0.5) is 0 Å². The molecule has 0 radical (unpaired) electrons. The first kappa shape index (κ1) is 23.3. The second-order valence-corrected chi connectivity index (χ2v) is 8.61. The van der Waals surface area contributed by atoms with E-state index in [4.69, 9.17) is 21.1 Å². The molecule has 4 aromatic rings. The highest BCUT2D eigenvalue weighted by Gasteiger charge is 2.35. The molecule has 0 bridgehead atoms. The molecule has 0 amide bonds. The molecule has 0 saturated carbocycles. The number of rotatable bonds is 5. The van der Waals surface area contributed by atoms with Crippen LogP contribution in [-0.2, 0) is 9.59 Å². The van der Waals surface area contributed by atoms with Crippen molar-refractivity contribution in [2.24, 2.45) is 0 Å². The smallest absolute Gasteiger partial charge is 0.335 e. The molecule has 0 heterocycles. The number of halogens is 1. The van der Waals surface area contributed by atoms with Crippen LogP contribution in [0, 0.1) is 0 Å². The van der Waals surface area contributed by atoms with E-state index in [0.717, 1.165) is 17.7 Å². The predicted molar refractivity (Wildman–Crippen MR) is 138 cm³/mol. The fraction of sp³-hybridized carbons (Fsp3) is 0.0333. The van der Waals surface area contributed by atoms with Crippen molar-refractivity contribution in [3.8, 4) is 11.5 Å². The zero-order valence-electron chi connectivity index (χ0n) is 19.0. The zero-order chi connectivity index (χ0) is 25.4. The van der Waals surface area contributed by atoms with E-state index in [1.54, 1.807) is 60.7 Å². The third kappa shape index (κ3) is 3.89. The average molecular weight is 495 g/mol. The molecule has 0 fully saturated rings. The van der Waals surface area contributed by atoms with Crippen LogP contribution in [0.1, 0.15) is 38.5 Å². The second-order valence-electron chi connectivity index (χ2n) is 8.17. The minimum atomic E-state index is -0.645. The Balaban J connectivity index is 1.88. The number of carbonyl (C=O) groups excluding carboxylic acids is 3. The molecule has 0 N–H and O–H groups in total. The third-order valence-corrected chi connectivity index (χ3v) is 6.37. The van der Waals surface area contributed by atoms with Gasteiger partial charge in [0.2, 0.25) is 0 Å². The number of hydrogen-bond donors (Lipinski definition) is 0. The number of ketones is 1. The van der Waals surface area contributed by atoms with Crippen molar-refractivity contribution in [1.82, 2.24) is 0 Å². The summed E-state index contributed by atoms with van der Waals surface area (Å²) in [6.07, 6.45) is 2.15. The Bertz CT molecular complexity index is 1600. The van der Waals surface area contributed by atoms with E-state index >= 15 is 0 Å². The molecule has 4 aromatic carbocycles. The van der Waals surface area contributed by atoms with Crippen LogP contribution in [0.3, 0.4) is 0 Å². The fourth-order valence-corrected chi connectivity index (χ4v) is 4.79. The number of carbonyl (C=O) groups is 3. The van der Waals surface area contributed by atoms with Crippen LogP contribution >= 0.6 is 11.6 Å². The largest absolute Gasteiger partial charge is 0.423 e. The zero-order valence-corrected chi connectivity index (χ0v) is 19.7. The van der Waals surface area contributed by atoms with E-state index in [1.807, 2.05) is 12.1 Å². The lowest BCUT2D eigenvalue weighted by Gasteiger charge is -2.30. The van der Waals surface area contributed by atoms with Gasteiger partial charge in [-0.1, -0.05) is 79.4 Å². The van der Waals surface area contributed by atoms with Crippen molar-refractivity contribution in [2.45, 2.75) is 5.92 Å². The maximum absolute atomic E-state index is 13.4. The second kappa shape index (κ2) is 9.29. The van der Waals surface area contributed by atoms with Crippen LogP contribution in [0.2, 0.25) is 5.02 Å². The number of esters is 2. The lowest BCUT2D eigenvalue weighted by atomic mass is 9.73. The lowest BCUT2D eigenvalue weighted by Crippen LogP contribution is -2.21. The van der Waals surface area contributed by atoms with Gasteiger partial charge < -0.3 is 9.47 Å². The molecule has 0 aliphatic heterocycles. The Labute approximate surface area is 212 Å². The van der Waals surface area contributed by atoms with Gasteiger partial charge in [0.25, 0.3) is 0 Å². The molecule has 5 nitrogen and oxygen atoms in total. The first-order valence-electron chi connectivity index (χ1n) is 11.1. The first-order valence-corrected chi connectivity index (χ1v) is 11.5. The highest BCUT2D eigenvalue weighted by atomic mass is 35.5. The molecule has 176 valence electrons. The minimum Gasteiger partial charge on any atom is -0.423 e. The van der Waals surface area contributed by atoms with E-state index in [9.17, 15) is 14.4 Å². The molecule has 6 heteroatoms. The van der Waals surface area contributed by atoms with E-state index in [2.05, 4.69) is 13.2 Å². The number of benzene rings is 4. The van der Waals surface area contributed by atoms with Gasteiger partial charge in [-0.2, -0.15) is 0 Å². The maximum Gasteiger partial charge on any atom is 0.335 e. The van der Waals surface area contributed by atoms with Crippen LogP contribution in [0.15, 0.2) is 98.1 Å². The number of hydrogen-bond acceptors (Lipinski definition) is 5. The molecule has 0 aromatic heterocycles. The quantitative estimate of drug-likeness (QED) is 0.161. The van der Waals surface area contributed by atoms with Crippen molar-refractivity contribution in [3.05, 3.63) is 131 Å². The number of ether oxygens (including phenoxy) is 2. The molecule has 0 saturated heterocycles. The van der Waals surface area contributed by atoms with Crippen LogP contribution in [-0.4, -0.2) is 17.7 Å². The molecular formula is C30H19ClO5. The average Bonchev–Trinajstić information content (AvgIpc) is 2.90. The molecule has 1 aliphatic carbocycles. The van der Waals surface area contributed by atoms with Gasteiger partial charge in [0.05, 0.1) is 0 Å². The van der Waals surface area contributed by atoms with Crippen molar-refractivity contribution in [3.63, 3.8) is 0 Å². The Kier molecular flexibility index (Phi) is 6.00. The summed E-state index contributed by atoms with van der Waals surface area (Å²) in [7, 11) is 0. The van der Waals surface area contributed by atoms with Gasteiger partial charge in [0.1, 0.15) is 11.5 Å². The fourth-order valence-electron chi connectivity index (χ4n) is 4.62. The van der Waals surface area contributed by atoms with Crippen molar-refractivity contribution < 1.29 is 23.9 Å². The standard InChI is InChI=1S/C30H19ClO5/c1-3-26(32)35-25-16-24(30(36-27(33)4-2)22-12-8-5-9-18(22)25)28-19-10-6-7-11-21(19)29(34)23-15-17(31)13-14-20(23)28/h3-16,28H,1-2H2. The molecule has 36 heavy (non-hydrogen) atoms. The third-order valence-electron chi connectivity index (χ3n) is 6.13. The van der Waals surface area contributed by atoms with Gasteiger partial charge >= 0.3 is 11.9 Å². The Morgan fingerprint density at radius 3 is 2.14 bits per heavy atom. The van der Waals surface area contributed by atoms with Crippen LogP contribution in [0.25, 0.3) is 10.8 Å². The summed E-state index contributed by atoms with van der Waals surface area (Å²) in [4.78, 5) is 38.0. The summed E-state index contributed by atoms with van der Waals surface area (Å²) < 4.78 is 11.4. The van der Waals surface area contributed by atoms with Gasteiger partial charge in [0.15, 0.2) is 5.78 Å². The SMILES string of the molecule is C=CC(=O)Oc1cc(C2c3ccccc3C(=O)c3cc(Cl)ccc32)c(OC(=O)C=C)c2ccccc12. The van der Waals surface area contributed by atoms with E-state index in [0.29, 0.717) is 38.0 Å².